The highest BCUT2D eigenvalue weighted by molar-refractivity contribution is 9.10. The first-order valence-electron chi connectivity index (χ1n) is 8.92. The van der Waals surface area contributed by atoms with Crippen LogP contribution < -0.4 is 10.2 Å². The molecule has 0 aromatic heterocycles. The summed E-state index contributed by atoms with van der Waals surface area (Å²) >= 11 is 3.47. The van der Waals surface area contributed by atoms with E-state index in [1.54, 1.807) is 11.8 Å². The van der Waals surface area contributed by atoms with Crippen LogP contribution in [0.3, 0.4) is 0 Å². The van der Waals surface area contributed by atoms with Crippen LogP contribution in [0.4, 0.5) is 10.5 Å². The van der Waals surface area contributed by atoms with E-state index in [4.69, 9.17) is 4.74 Å². The van der Waals surface area contributed by atoms with Gasteiger partial charge in [-0.25, -0.2) is 9.69 Å². The Balaban J connectivity index is 1.92. The Kier molecular flexibility index (Phi) is 5.31. The van der Waals surface area contributed by atoms with E-state index in [1.807, 2.05) is 26.0 Å². The highest BCUT2D eigenvalue weighted by atomic mass is 79.9. The molecular formula is C19H24BrN3O4. The zero-order valence-electron chi connectivity index (χ0n) is 16.0. The molecule has 0 saturated carbocycles. The molecule has 0 spiro atoms. The molecule has 0 aliphatic carbocycles. The van der Waals surface area contributed by atoms with Crippen LogP contribution in [0.15, 0.2) is 16.6 Å². The lowest BCUT2D eigenvalue weighted by Crippen LogP contribution is -2.56. The number of anilines is 1. The number of nitrogens with zero attached hydrogens (tertiary/aromatic N) is 2. The summed E-state index contributed by atoms with van der Waals surface area (Å²) in [5.74, 6) is -0.640. The normalized spacial score (nSPS) is 26.0. The highest BCUT2D eigenvalue weighted by Gasteiger charge is 2.53. The number of carbonyl (C=O) groups excluding carboxylic acids is 3. The summed E-state index contributed by atoms with van der Waals surface area (Å²) in [6.07, 6.45) is 1.18. The van der Waals surface area contributed by atoms with Crippen LogP contribution in [0, 0.1) is 13.8 Å². The van der Waals surface area contributed by atoms with Crippen LogP contribution in [0.1, 0.15) is 30.9 Å². The van der Waals surface area contributed by atoms with Crippen molar-refractivity contribution in [3.63, 3.8) is 0 Å². The van der Waals surface area contributed by atoms with E-state index in [9.17, 15) is 14.4 Å². The number of hydrogen-bond donors (Lipinski definition) is 1. The van der Waals surface area contributed by atoms with Gasteiger partial charge in [0.2, 0.25) is 5.91 Å². The minimum absolute atomic E-state index is 0.0592. The maximum Gasteiger partial charge on any atom is 0.325 e. The number of amides is 4. The Morgan fingerprint density at radius 3 is 2.48 bits per heavy atom. The molecule has 146 valence electrons. The molecule has 2 unspecified atom stereocenters. The third-order valence-corrected chi connectivity index (χ3v) is 5.63. The number of aryl methyl sites for hydroxylation is 2. The zero-order chi connectivity index (χ0) is 19.9. The van der Waals surface area contributed by atoms with E-state index in [1.165, 1.54) is 7.11 Å². The Hall–Kier alpha value is -1.93. The molecule has 2 aliphatic heterocycles. The molecule has 7 nitrogen and oxygen atoms in total. The van der Waals surface area contributed by atoms with Crippen molar-refractivity contribution in [1.82, 2.24) is 10.2 Å². The van der Waals surface area contributed by atoms with Gasteiger partial charge in [0, 0.05) is 23.8 Å². The maximum atomic E-state index is 13.3. The van der Waals surface area contributed by atoms with Crippen LogP contribution in [0.25, 0.3) is 0 Å². The predicted octanol–water partition coefficient (Wildman–Crippen LogP) is 2.52. The van der Waals surface area contributed by atoms with E-state index < -0.39 is 23.5 Å². The van der Waals surface area contributed by atoms with E-state index >= 15 is 0 Å². The van der Waals surface area contributed by atoms with Crippen molar-refractivity contribution in [2.45, 2.75) is 45.2 Å². The van der Waals surface area contributed by atoms with E-state index in [0.29, 0.717) is 19.4 Å². The first-order valence-corrected chi connectivity index (χ1v) is 9.72. The standard InChI is InChI=1S/C19H24BrN3O4/c1-11-8-13(20)9-12(2)15(11)22-7-5-6-14(16(22)24)23-17(25)19(3,10-27-4)21-18(23)26/h8-9,14H,5-7,10H2,1-4H3,(H,21,26). The Morgan fingerprint density at radius 1 is 1.26 bits per heavy atom. The molecule has 2 heterocycles. The molecule has 2 fully saturated rings. The summed E-state index contributed by atoms with van der Waals surface area (Å²) in [5.41, 5.74) is 1.65. The first kappa shape index (κ1) is 19.8. The van der Waals surface area contributed by atoms with Crippen molar-refractivity contribution in [3.8, 4) is 0 Å². The van der Waals surface area contributed by atoms with Gasteiger partial charge in [-0.3, -0.25) is 9.59 Å². The number of benzene rings is 1. The monoisotopic (exact) mass is 437 g/mol. The second kappa shape index (κ2) is 7.24. The van der Waals surface area contributed by atoms with E-state index in [-0.39, 0.29) is 12.5 Å². The first-order chi connectivity index (χ1) is 12.7. The quantitative estimate of drug-likeness (QED) is 0.733. The van der Waals surface area contributed by atoms with Gasteiger partial charge in [0.05, 0.1) is 6.61 Å². The summed E-state index contributed by atoms with van der Waals surface area (Å²) in [6.45, 7) is 6.15. The van der Waals surface area contributed by atoms with Gasteiger partial charge in [-0.05, 0) is 56.9 Å². The molecule has 0 bridgehead atoms. The molecule has 1 aromatic carbocycles. The number of carbonyl (C=O) groups is 3. The van der Waals surface area contributed by atoms with Gasteiger partial charge in [-0.15, -0.1) is 0 Å². The third kappa shape index (κ3) is 3.36. The highest BCUT2D eigenvalue weighted by Crippen LogP contribution is 2.33. The lowest BCUT2D eigenvalue weighted by atomic mass is 9.98. The van der Waals surface area contributed by atoms with Crippen molar-refractivity contribution in [2.24, 2.45) is 0 Å². The fourth-order valence-electron chi connectivity index (χ4n) is 4.02. The van der Waals surface area contributed by atoms with Crippen molar-refractivity contribution in [3.05, 3.63) is 27.7 Å². The van der Waals surface area contributed by atoms with Crippen LogP contribution in [-0.2, 0) is 14.3 Å². The molecule has 2 atom stereocenters. The van der Waals surface area contributed by atoms with Crippen molar-refractivity contribution < 1.29 is 19.1 Å². The molecule has 3 rings (SSSR count). The molecule has 2 saturated heterocycles. The average Bonchev–Trinajstić information content (AvgIpc) is 2.78. The molecule has 1 aromatic rings. The van der Waals surface area contributed by atoms with Crippen LogP contribution in [0.2, 0.25) is 0 Å². The number of rotatable bonds is 4. The van der Waals surface area contributed by atoms with Crippen molar-refractivity contribution >= 4 is 39.5 Å². The van der Waals surface area contributed by atoms with Crippen molar-refractivity contribution in [1.29, 1.82) is 0 Å². The van der Waals surface area contributed by atoms with Gasteiger partial charge in [-0.1, -0.05) is 15.9 Å². The predicted molar refractivity (Wildman–Crippen MR) is 105 cm³/mol. The number of ether oxygens (including phenoxy) is 1. The van der Waals surface area contributed by atoms with Gasteiger partial charge in [0.15, 0.2) is 0 Å². The molecule has 2 aliphatic rings. The average molecular weight is 438 g/mol. The number of methoxy groups -OCH3 is 1. The second-order valence-electron chi connectivity index (χ2n) is 7.41. The lowest BCUT2D eigenvalue weighted by Gasteiger charge is -2.37. The van der Waals surface area contributed by atoms with E-state index in [2.05, 4.69) is 21.2 Å². The minimum Gasteiger partial charge on any atom is -0.382 e. The molecule has 27 heavy (non-hydrogen) atoms. The fraction of sp³-hybridized carbons (Fsp3) is 0.526. The molecular weight excluding hydrogens is 414 g/mol. The van der Waals surface area contributed by atoms with E-state index in [0.717, 1.165) is 26.2 Å². The SMILES string of the molecule is COCC1(C)NC(=O)N(C2CCCN(c3c(C)cc(Br)cc3C)C2=O)C1=O. The molecule has 0 radical (unpaired) electrons. The summed E-state index contributed by atoms with van der Waals surface area (Å²) in [6, 6.07) is 2.59. The molecule has 1 N–H and O–H groups in total. The van der Waals surface area contributed by atoms with Gasteiger partial charge < -0.3 is 15.0 Å². The summed E-state index contributed by atoms with van der Waals surface area (Å²) in [7, 11) is 1.47. The van der Waals surface area contributed by atoms with Gasteiger partial charge in [-0.2, -0.15) is 0 Å². The number of piperidine rings is 1. The Bertz CT molecular complexity index is 789. The molecule has 4 amide bonds. The van der Waals surface area contributed by atoms with Gasteiger partial charge in [0.1, 0.15) is 11.6 Å². The van der Waals surface area contributed by atoms with Gasteiger partial charge >= 0.3 is 6.03 Å². The van der Waals surface area contributed by atoms with Crippen LogP contribution >= 0.6 is 15.9 Å². The topological polar surface area (TPSA) is 79.0 Å². The molecule has 8 heteroatoms. The van der Waals surface area contributed by atoms with Gasteiger partial charge in [0.25, 0.3) is 5.91 Å². The fourth-order valence-corrected chi connectivity index (χ4v) is 4.71. The second-order valence-corrected chi connectivity index (χ2v) is 8.32. The number of hydrogen-bond acceptors (Lipinski definition) is 4. The zero-order valence-corrected chi connectivity index (χ0v) is 17.6. The third-order valence-electron chi connectivity index (χ3n) is 5.17. The van der Waals surface area contributed by atoms with Crippen molar-refractivity contribution in [2.75, 3.05) is 25.2 Å². The Morgan fingerprint density at radius 2 is 1.89 bits per heavy atom. The Labute approximate surface area is 167 Å². The number of nitrogens with one attached hydrogen (secondary N) is 1. The minimum atomic E-state index is -1.14. The lowest BCUT2D eigenvalue weighted by molar-refractivity contribution is -0.139. The van der Waals surface area contributed by atoms with Crippen LogP contribution in [-0.4, -0.2) is 54.6 Å². The summed E-state index contributed by atoms with van der Waals surface area (Å²) < 4.78 is 6.03. The smallest absolute Gasteiger partial charge is 0.325 e. The number of urea groups is 1. The summed E-state index contributed by atoms with van der Waals surface area (Å²) in [5, 5.41) is 2.67. The maximum absolute atomic E-state index is 13.3. The number of halogens is 1. The largest absolute Gasteiger partial charge is 0.382 e. The number of imide groups is 1. The summed E-state index contributed by atoms with van der Waals surface area (Å²) in [4.78, 5) is 41.4. The van der Waals surface area contributed by atoms with Crippen LogP contribution in [0.5, 0.6) is 0 Å².